The molecule has 1 aliphatic heterocycles. The Hall–Kier alpha value is -3.92. The van der Waals surface area contributed by atoms with E-state index in [1.54, 1.807) is 20.8 Å². The van der Waals surface area contributed by atoms with Crippen molar-refractivity contribution in [2.75, 3.05) is 6.61 Å². The van der Waals surface area contributed by atoms with Crippen LogP contribution in [0.25, 0.3) is 4.85 Å². The van der Waals surface area contributed by atoms with Crippen LogP contribution in [0.15, 0.2) is 36.5 Å². The number of esters is 4. The zero-order valence-electron chi connectivity index (χ0n) is 32.5. The summed E-state index contributed by atoms with van der Waals surface area (Å²) in [5.41, 5.74) is -0.467. The zero-order valence-corrected chi connectivity index (χ0v) is 32.5. The van der Waals surface area contributed by atoms with Crippen molar-refractivity contribution in [3.63, 3.8) is 0 Å². The van der Waals surface area contributed by atoms with E-state index < -0.39 is 16.6 Å². The van der Waals surface area contributed by atoms with E-state index in [9.17, 15) is 24.4 Å². The van der Waals surface area contributed by atoms with E-state index in [-0.39, 0.29) is 47.4 Å². The van der Waals surface area contributed by atoms with Gasteiger partial charge in [0.15, 0.2) is 0 Å². The summed E-state index contributed by atoms with van der Waals surface area (Å²) in [5, 5.41) is 9.59. The molecule has 0 N–H and O–H groups in total. The van der Waals surface area contributed by atoms with Crippen LogP contribution < -0.4 is 0 Å². The third-order valence-corrected chi connectivity index (χ3v) is 15.0. The van der Waals surface area contributed by atoms with Crippen molar-refractivity contribution in [1.82, 2.24) is 0 Å². The van der Waals surface area contributed by atoms with E-state index >= 15 is 0 Å². The van der Waals surface area contributed by atoms with Gasteiger partial charge in [-0.15, -0.1) is 0 Å². The molecule has 0 amide bonds. The van der Waals surface area contributed by atoms with Gasteiger partial charge in [-0.2, -0.15) is 5.26 Å². The molecule has 9 unspecified atom stereocenters. The molecule has 0 spiro atoms. The van der Waals surface area contributed by atoms with E-state index in [0.717, 1.165) is 43.9 Å². The number of carbonyl (C=O) groups excluding carboxylic acids is 4. The lowest BCUT2D eigenvalue weighted by atomic mass is 9.46. The summed E-state index contributed by atoms with van der Waals surface area (Å²) in [6, 6.07) is 2.44. The van der Waals surface area contributed by atoms with Gasteiger partial charge >= 0.3 is 23.9 Å². The van der Waals surface area contributed by atoms with Crippen molar-refractivity contribution in [2.24, 2.45) is 58.7 Å². The second-order valence-corrected chi connectivity index (χ2v) is 19.2. The van der Waals surface area contributed by atoms with E-state index in [1.165, 1.54) is 32.1 Å². The summed E-state index contributed by atoms with van der Waals surface area (Å²) in [6.07, 6.45) is 12.6. The highest BCUT2D eigenvalue weighted by atomic mass is 16.6. The fraction of sp³-hybridized carbons (Fsp3) is 0.727. The quantitative estimate of drug-likeness (QED) is 0.117. The first-order valence-corrected chi connectivity index (χ1v) is 20.0. The molecule has 10 heteroatoms. The summed E-state index contributed by atoms with van der Waals surface area (Å²) >= 11 is 0. The second-order valence-electron chi connectivity index (χ2n) is 19.2. The summed E-state index contributed by atoms with van der Waals surface area (Å²) in [6.45, 7) is 26.2. The molecule has 10 nitrogen and oxygen atoms in total. The van der Waals surface area contributed by atoms with Gasteiger partial charge in [-0.1, -0.05) is 19.7 Å². The lowest BCUT2D eigenvalue weighted by Crippen LogP contribution is -2.63. The molecule has 11 aliphatic rings. The van der Waals surface area contributed by atoms with Crippen LogP contribution in [0.5, 0.6) is 0 Å². The van der Waals surface area contributed by atoms with Crippen LogP contribution in [0.2, 0.25) is 0 Å². The van der Waals surface area contributed by atoms with Crippen molar-refractivity contribution in [3.8, 4) is 6.07 Å². The lowest BCUT2D eigenvalue weighted by Gasteiger charge is -2.59. The van der Waals surface area contributed by atoms with E-state index in [0.29, 0.717) is 72.2 Å². The van der Waals surface area contributed by atoms with E-state index in [4.69, 9.17) is 25.5 Å². The highest BCUT2D eigenvalue weighted by molar-refractivity contribution is 5.88. The van der Waals surface area contributed by atoms with Gasteiger partial charge in [-0.3, -0.25) is 4.79 Å². The Kier molecular flexibility index (Phi) is 9.72. The fourth-order valence-electron chi connectivity index (χ4n) is 13.2. The number of rotatable bonds is 6. The molecule has 0 aromatic carbocycles. The first-order chi connectivity index (χ1) is 25.4. The highest BCUT2D eigenvalue weighted by Crippen LogP contribution is 2.65. The lowest BCUT2D eigenvalue weighted by molar-refractivity contribution is -0.199. The molecule has 1 saturated heterocycles. The predicted octanol–water partition coefficient (Wildman–Crippen LogP) is 7.63. The number of carbonyl (C=O) groups is 4. The average Bonchev–Trinajstić information content (AvgIpc) is 3.80. The predicted molar refractivity (Wildman–Crippen MR) is 197 cm³/mol. The van der Waals surface area contributed by atoms with Crippen molar-refractivity contribution in [3.05, 3.63) is 47.9 Å². The van der Waals surface area contributed by atoms with Gasteiger partial charge in [0.1, 0.15) is 17.3 Å². The Morgan fingerprint density at radius 1 is 0.796 bits per heavy atom. The normalized spacial score (nSPS) is 44.5. The van der Waals surface area contributed by atoms with Crippen molar-refractivity contribution >= 4 is 23.9 Å². The van der Waals surface area contributed by atoms with E-state index in [1.807, 2.05) is 0 Å². The minimum absolute atomic E-state index is 0.0309. The van der Waals surface area contributed by atoms with Crippen molar-refractivity contribution < 1.29 is 38.1 Å². The van der Waals surface area contributed by atoms with Gasteiger partial charge in [0.2, 0.25) is 5.54 Å². The third kappa shape index (κ3) is 6.70. The monoisotopic (exact) mass is 740 g/mol. The zero-order chi connectivity index (χ0) is 39.0. The number of hydrogen-bond acceptors (Lipinski definition) is 9. The molecule has 10 aliphatic carbocycles. The number of fused-ring (bicyclic) bond motifs is 5. The van der Waals surface area contributed by atoms with E-state index in [2.05, 4.69) is 37.6 Å². The fourth-order valence-corrected chi connectivity index (χ4v) is 13.2. The SMILES string of the molecule is C=C(C)C(=O)OC1(C)C2CC3CC(C2)CC1C3.C=C(C)C(=O)OC1CC2CC1C1C(=O)OCC21.[C-]#[N+]C12CC3CC(C#N)(C1)CC(OC(=O)C(=C)C)(C3)C2. The van der Waals surface area contributed by atoms with Crippen LogP contribution in [0.4, 0.5) is 0 Å². The minimum Gasteiger partial charge on any atom is -0.465 e. The number of ether oxygens (including phenoxy) is 4. The van der Waals surface area contributed by atoms with Crippen LogP contribution >= 0.6 is 0 Å². The molecule has 10 saturated carbocycles. The number of hydrogen-bond donors (Lipinski definition) is 0. The van der Waals surface area contributed by atoms with Crippen LogP contribution in [0.3, 0.4) is 0 Å². The summed E-state index contributed by atoms with van der Waals surface area (Å²) in [7, 11) is 0. The van der Waals surface area contributed by atoms with Gasteiger partial charge in [-0.05, 0) is 121 Å². The van der Waals surface area contributed by atoms with Gasteiger partial charge in [0, 0.05) is 47.8 Å². The van der Waals surface area contributed by atoms with Crippen LogP contribution in [0, 0.1) is 76.6 Å². The highest BCUT2D eigenvalue weighted by Gasteiger charge is 2.69. The topological polar surface area (TPSA) is 133 Å². The molecule has 0 radical (unpaired) electrons. The average molecular weight is 741 g/mol. The Morgan fingerprint density at radius 2 is 1.41 bits per heavy atom. The van der Waals surface area contributed by atoms with Crippen molar-refractivity contribution in [2.45, 2.75) is 134 Å². The van der Waals surface area contributed by atoms with Crippen LogP contribution in [-0.4, -0.2) is 53.3 Å². The minimum atomic E-state index is -0.615. The standard InChI is InChI=1S/C16H18N2O2.C15H22O2.C13H16O4/c1-11(2)13(19)20-16-6-12-4-14(8-16,10-17)7-15(5-12,9-16)18-3;1-9(2)14(16)17-15(3)12-5-10-4-11(7-12)8-13(15)6-10;1-6(2)12(14)17-10-4-7-3-8(10)11-9(7)5-16-13(11)15/h12H,1,4-9H2,2H3;10-13H,1,4-8H2,2-3H3;7-11H,1,3-5H2,2H3. The molecule has 0 aromatic heterocycles. The Morgan fingerprint density at radius 3 is 1.98 bits per heavy atom. The van der Waals surface area contributed by atoms with Gasteiger partial charge < -0.3 is 23.8 Å². The number of nitrogens with zero attached hydrogens (tertiary/aromatic N) is 2. The summed E-state index contributed by atoms with van der Waals surface area (Å²) < 4.78 is 22.1. The molecule has 1 heterocycles. The molecular formula is C44H56N2O8. The maximum absolute atomic E-state index is 11.9. The molecule has 0 aromatic rings. The third-order valence-electron chi connectivity index (χ3n) is 15.0. The molecule has 11 rings (SSSR count). The second kappa shape index (κ2) is 13.7. The van der Waals surface area contributed by atoms with Gasteiger partial charge in [0.05, 0.1) is 30.4 Å². The van der Waals surface area contributed by atoms with Gasteiger partial charge in [-0.25, -0.2) is 21.0 Å². The number of cyclic esters (lactones) is 1. The maximum Gasteiger partial charge on any atom is 0.333 e. The summed E-state index contributed by atoms with van der Waals surface area (Å²) in [4.78, 5) is 50.7. The Labute approximate surface area is 319 Å². The van der Waals surface area contributed by atoms with Crippen LogP contribution in [-0.2, 0) is 38.1 Å². The molecule has 10 bridgehead atoms. The number of nitriles is 1. The first-order valence-electron chi connectivity index (χ1n) is 20.0. The Balaban J connectivity index is 0.000000126. The molecule has 11 fully saturated rings. The maximum atomic E-state index is 11.9. The van der Waals surface area contributed by atoms with Crippen molar-refractivity contribution in [1.29, 1.82) is 5.26 Å². The molecular weight excluding hydrogens is 684 g/mol. The van der Waals surface area contributed by atoms with Crippen LogP contribution in [0.1, 0.15) is 111 Å². The molecule has 54 heavy (non-hydrogen) atoms. The first kappa shape index (κ1) is 38.4. The Bertz CT molecular complexity index is 1690. The molecule has 290 valence electrons. The van der Waals surface area contributed by atoms with Gasteiger partial charge in [0.25, 0.3) is 0 Å². The molecule has 9 atom stereocenters. The smallest absolute Gasteiger partial charge is 0.333 e. The summed E-state index contributed by atoms with van der Waals surface area (Å²) in [5.74, 6) is 3.32. The largest absolute Gasteiger partial charge is 0.465 e.